The van der Waals surface area contributed by atoms with Crippen LogP contribution in [0, 0.1) is 0 Å². The fraction of sp³-hybridized carbons (Fsp3) is 0.278. The third-order valence-corrected chi connectivity index (χ3v) is 5.27. The molecule has 5 rings (SSSR count). The molecule has 0 radical (unpaired) electrons. The lowest BCUT2D eigenvalue weighted by Gasteiger charge is -2.22. The molecule has 0 saturated carbocycles. The highest BCUT2D eigenvalue weighted by atomic mass is 79.9. The summed E-state index contributed by atoms with van der Waals surface area (Å²) in [7, 11) is 0. The van der Waals surface area contributed by atoms with E-state index in [-0.39, 0.29) is 0 Å². The van der Waals surface area contributed by atoms with Crippen molar-refractivity contribution in [3.05, 3.63) is 41.3 Å². The largest absolute Gasteiger partial charge is 0.381 e. The van der Waals surface area contributed by atoms with Gasteiger partial charge in [-0.25, -0.2) is 4.98 Å². The number of halogens is 1. The van der Waals surface area contributed by atoms with E-state index in [1.807, 2.05) is 35.4 Å². The van der Waals surface area contributed by atoms with E-state index in [1.54, 1.807) is 0 Å². The van der Waals surface area contributed by atoms with Gasteiger partial charge in [0.2, 0.25) is 0 Å². The molecule has 26 heavy (non-hydrogen) atoms. The monoisotopic (exact) mass is 412 g/mol. The molecule has 0 spiro atoms. The first-order chi connectivity index (χ1) is 12.8. The molecule has 1 fully saturated rings. The molecular weight excluding hydrogens is 396 g/mol. The molecule has 1 aliphatic heterocycles. The second kappa shape index (κ2) is 6.37. The van der Waals surface area contributed by atoms with E-state index < -0.39 is 0 Å². The molecule has 1 aliphatic rings. The van der Waals surface area contributed by atoms with Crippen molar-refractivity contribution in [3.63, 3.8) is 0 Å². The summed E-state index contributed by atoms with van der Waals surface area (Å²) >= 11 is 3.52. The number of nitrogens with zero attached hydrogens (tertiary/aromatic N) is 4. The number of benzene rings is 1. The first kappa shape index (κ1) is 15.8. The standard InChI is InChI=1S/C18H17BrN6O/c19-11-1-2-14-15-9-20-24-17(15)18(23-16(14)7-11)22-12-8-21-25(10-12)13-3-5-26-6-4-13/h1-2,7-10,13H,3-6H2,(H,20,24)(H,22,23). The van der Waals surface area contributed by atoms with Crippen LogP contribution in [-0.4, -0.2) is 38.2 Å². The summed E-state index contributed by atoms with van der Waals surface area (Å²) in [6.07, 6.45) is 7.76. The zero-order valence-electron chi connectivity index (χ0n) is 13.9. The number of fused-ring (bicyclic) bond motifs is 3. The van der Waals surface area contributed by atoms with Gasteiger partial charge in [0.05, 0.1) is 23.4 Å². The Balaban J connectivity index is 1.52. The van der Waals surface area contributed by atoms with E-state index in [9.17, 15) is 0 Å². The topological polar surface area (TPSA) is 80.7 Å². The number of hydrogen-bond donors (Lipinski definition) is 2. The van der Waals surface area contributed by atoms with Crippen LogP contribution in [0.25, 0.3) is 21.8 Å². The zero-order chi connectivity index (χ0) is 17.5. The molecule has 8 heteroatoms. The van der Waals surface area contributed by atoms with Crippen molar-refractivity contribution in [1.29, 1.82) is 0 Å². The van der Waals surface area contributed by atoms with Crippen molar-refractivity contribution in [2.45, 2.75) is 18.9 Å². The van der Waals surface area contributed by atoms with Crippen LogP contribution in [0.5, 0.6) is 0 Å². The fourth-order valence-electron chi connectivity index (χ4n) is 3.45. The molecule has 3 aromatic heterocycles. The first-order valence-electron chi connectivity index (χ1n) is 8.59. The number of H-pyrrole nitrogens is 1. The number of rotatable bonds is 3. The fourth-order valence-corrected chi connectivity index (χ4v) is 3.80. The van der Waals surface area contributed by atoms with Crippen LogP contribution in [0.2, 0.25) is 0 Å². The van der Waals surface area contributed by atoms with Gasteiger partial charge in [0.1, 0.15) is 5.52 Å². The smallest absolute Gasteiger partial charge is 0.159 e. The Morgan fingerprint density at radius 3 is 3.00 bits per heavy atom. The van der Waals surface area contributed by atoms with Gasteiger partial charge in [-0.15, -0.1) is 0 Å². The van der Waals surface area contributed by atoms with Gasteiger partial charge in [-0.05, 0) is 25.0 Å². The SMILES string of the molecule is Brc1ccc2c(c1)nc(Nc1cnn(C3CCOCC3)c1)c1n[nH]cc12. The second-order valence-electron chi connectivity index (χ2n) is 6.45. The molecule has 1 saturated heterocycles. The molecule has 132 valence electrons. The van der Waals surface area contributed by atoms with E-state index in [4.69, 9.17) is 9.72 Å². The van der Waals surface area contributed by atoms with Crippen molar-refractivity contribution in [3.8, 4) is 0 Å². The molecule has 0 amide bonds. The number of hydrogen-bond acceptors (Lipinski definition) is 5. The molecule has 0 bridgehead atoms. The Labute approximate surface area is 157 Å². The molecule has 0 atom stereocenters. The van der Waals surface area contributed by atoms with E-state index in [0.717, 1.165) is 63.8 Å². The van der Waals surface area contributed by atoms with Gasteiger partial charge in [0.15, 0.2) is 5.82 Å². The van der Waals surface area contributed by atoms with Crippen LogP contribution in [0.15, 0.2) is 41.3 Å². The summed E-state index contributed by atoms with van der Waals surface area (Å²) < 4.78 is 8.45. The molecular formula is C18H17BrN6O. The van der Waals surface area contributed by atoms with Crippen molar-refractivity contribution in [2.24, 2.45) is 0 Å². The summed E-state index contributed by atoms with van der Waals surface area (Å²) in [5, 5.41) is 17.3. The maximum atomic E-state index is 5.43. The van der Waals surface area contributed by atoms with E-state index >= 15 is 0 Å². The Hall–Kier alpha value is -2.45. The minimum Gasteiger partial charge on any atom is -0.381 e. The van der Waals surface area contributed by atoms with Gasteiger partial charge in [0, 0.05) is 40.9 Å². The molecule has 2 N–H and O–H groups in total. The second-order valence-corrected chi connectivity index (χ2v) is 7.36. The maximum absolute atomic E-state index is 5.43. The molecule has 7 nitrogen and oxygen atoms in total. The summed E-state index contributed by atoms with van der Waals surface area (Å²) in [5.41, 5.74) is 2.63. The van der Waals surface area contributed by atoms with Gasteiger partial charge >= 0.3 is 0 Å². The number of aromatic amines is 1. The molecule has 4 aromatic rings. The van der Waals surface area contributed by atoms with Crippen LogP contribution >= 0.6 is 15.9 Å². The quantitative estimate of drug-likeness (QED) is 0.527. The van der Waals surface area contributed by atoms with Crippen LogP contribution in [-0.2, 0) is 4.74 Å². The summed E-state index contributed by atoms with van der Waals surface area (Å²) in [6, 6.07) is 6.47. The maximum Gasteiger partial charge on any atom is 0.159 e. The highest BCUT2D eigenvalue weighted by Gasteiger charge is 2.17. The van der Waals surface area contributed by atoms with Crippen molar-refractivity contribution >= 4 is 49.2 Å². The predicted octanol–water partition coefficient (Wildman–Crippen LogP) is 4.17. The average molecular weight is 413 g/mol. The highest BCUT2D eigenvalue weighted by molar-refractivity contribution is 9.10. The minimum absolute atomic E-state index is 0.394. The lowest BCUT2D eigenvalue weighted by atomic mass is 10.1. The van der Waals surface area contributed by atoms with E-state index in [2.05, 4.69) is 42.6 Å². The third-order valence-electron chi connectivity index (χ3n) is 4.78. The summed E-state index contributed by atoms with van der Waals surface area (Å²) in [5.74, 6) is 0.721. The highest BCUT2D eigenvalue weighted by Crippen LogP contribution is 2.31. The normalized spacial score (nSPS) is 15.7. The van der Waals surface area contributed by atoms with E-state index in [1.165, 1.54) is 0 Å². The molecule has 0 aliphatic carbocycles. The van der Waals surface area contributed by atoms with Gasteiger partial charge in [-0.3, -0.25) is 9.78 Å². The van der Waals surface area contributed by atoms with Gasteiger partial charge in [0.25, 0.3) is 0 Å². The lowest BCUT2D eigenvalue weighted by Crippen LogP contribution is -2.19. The Morgan fingerprint density at radius 2 is 2.12 bits per heavy atom. The lowest BCUT2D eigenvalue weighted by molar-refractivity contribution is 0.0662. The summed E-state index contributed by atoms with van der Waals surface area (Å²) in [4.78, 5) is 4.77. The number of ether oxygens (including phenoxy) is 1. The van der Waals surface area contributed by atoms with Crippen LogP contribution in [0.1, 0.15) is 18.9 Å². The Kier molecular flexibility index (Phi) is 3.86. The van der Waals surface area contributed by atoms with Gasteiger partial charge < -0.3 is 10.1 Å². The first-order valence-corrected chi connectivity index (χ1v) is 9.39. The summed E-state index contributed by atoms with van der Waals surface area (Å²) in [6.45, 7) is 1.59. The zero-order valence-corrected chi connectivity index (χ0v) is 15.5. The number of nitrogens with one attached hydrogen (secondary N) is 2. The Morgan fingerprint density at radius 1 is 1.23 bits per heavy atom. The van der Waals surface area contributed by atoms with Crippen molar-refractivity contribution in [2.75, 3.05) is 18.5 Å². The van der Waals surface area contributed by atoms with Crippen molar-refractivity contribution < 1.29 is 4.74 Å². The van der Waals surface area contributed by atoms with Crippen LogP contribution in [0.3, 0.4) is 0 Å². The minimum atomic E-state index is 0.394. The van der Waals surface area contributed by atoms with Crippen LogP contribution < -0.4 is 5.32 Å². The number of pyridine rings is 1. The van der Waals surface area contributed by atoms with Gasteiger partial charge in [-0.1, -0.05) is 22.0 Å². The van der Waals surface area contributed by atoms with Gasteiger partial charge in [-0.2, -0.15) is 10.2 Å². The molecule has 1 aromatic carbocycles. The average Bonchev–Trinajstić information content (AvgIpc) is 3.32. The predicted molar refractivity (Wildman–Crippen MR) is 104 cm³/mol. The van der Waals surface area contributed by atoms with Crippen molar-refractivity contribution in [1.82, 2.24) is 25.0 Å². The van der Waals surface area contributed by atoms with Crippen LogP contribution in [0.4, 0.5) is 11.5 Å². The number of aromatic nitrogens is 5. The van der Waals surface area contributed by atoms with E-state index in [0.29, 0.717) is 6.04 Å². The third kappa shape index (κ3) is 2.75. The molecule has 4 heterocycles. The Bertz CT molecular complexity index is 1080. The molecule has 0 unspecified atom stereocenters. The number of anilines is 2.